The van der Waals surface area contributed by atoms with Gasteiger partial charge >= 0.3 is 0 Å². The Morgan fingerprint density at radius 3 is 2.69 bits per heavy atom. The molecular weight excluding hydrogens is 398 g/mol. The molecule has 6 heteroatoms. The second kappa shape index (κ2) is 11.0. The van der Waals surface area contributed by atoms with E-state index in [0.717, 1.165) is 23.4 Å². The summed E-state index contributed by atoms with van der Waals surface area (Å²) in [5.74, 6) is -0.107. The van der Waals surface area contributed by atoms with Crippen molar-refractivity contribution >= 4 is 40.0 Å². The summed E-state index contributed by atoms with van der Waals surface area (Å²) in [6, 6.07) is 17.0. The topological polar surface area (TPSA) is 54.0 Å². The molecule has 2 aromatic carbocycles. The summed E-state index contributed by atoms with van der Waals surface area (Å²) >= 11 is 3.04. The Balaban J connectivity index is 1.55. The highest BCUT2D eigenvalue weighted by molar-refractivity contribution is 8.00. The molecule has 0 aliphatic heterocycles. The molecule has 0 bridgehead atoms. The van der Waals surface area contributed by atoms with E-state index in [0.29, 0.717) is 5.13 Å². The highest BCUT2D eigenvalue weighted by atomic mass is 32.2. The minimum atomic E-state index is -0.107. The van der Waals surface area contributed by atoms with Crippen molar-refractivity contribution in [1.82, 2.24) is 4.98 Å². The first kappa shape index (κ1) is 21.4. The Hall–Kier alpha value is -2.31. The number of benzene rings is 2. The highest BCUT2D eigenvalue weighted by Crippen LogP contribution is 2.29. The molecular formula is C23H27N3OS2. The molecule has 0 spiro atoms. The van der Waals surface area contributed by atoms with Gasteiger partial charge in [0.15, 0.2) is 5.13 Å². The van der Waals surface area contributed by atoms with E-state index >= 15 is 0 Å². The van der Waals surface area contributed by atoms with Crippen molar-refractivity contribution in [2.45, 2.75) is 50.8 Å². The van der Waals surface area contributed by atoms with E-state index in [4.69, 9.17) is 0 Å². The van der Waals surface area contributed by atoms with E-state index in [1.165, 1.54) is 54.4 Å². The fourth-order valence-electron chi connectivity index (χ4n) is 2.95. The van der Waals surface area contributed by atoms with Crippen LogP contribution >= 0.6 is 23.3 Å². The van der Waals surface area contributed by atoms with Gasteiger partial charge in [0.2, 0.25) is 5.91 Å². The van der Waals surface area contributed by atoms with Crippen molar-refractivity contribution in [2.75, 3.05) is 10.0 Å². The zero-order valence-corrected chi connectivity index (χ0v) is 18.5. The normalized spacial score (nSPS) is 10.7. The number of rotatable bonds is 10. The van der Waals surface area contributed by atoms with Crippen LogP contribution in [-0.2, 0) is 11.2 Å². The fraction of sp³-hybridized carbons (Fsp3) is 0.304. The van der Waals surface area contributed by atoms with Crippen molar-refractivity contribution in [3.8, 4) is 11.3 Å². The smallest absolute Gasteiger partial charge is 0.223 e. The van der Waals surface area contributed by atoms with Crippen molar-refractivity contribution in [3.05, 3.63) is 59.5 Å². The maximum atomic E-state index is 11.2. The summed E-state index contributed by atoms with van der Waals surface area (Å²) in [6.45, 7) is 3.73. The lowest BCUT2D eigenvalue weighted by Gasteiger charge is -2.08. The summed E-state index contributed by atoms with van der Waals surface area (Å²) in [5, 5.41) is 5.30. The van der Waals surface area contributed by atoms with Crippen LogP contribution in [0.3, 0.4) is 0 Å². The van der Waals surface area contributed by atoms with Crippen molar-refractivity contribution in [2.24, 2.45) is 0 Å². The monoisotopic (exact) mass is 425 g/mol. The van der Waals surface area contributed by atoms with Crippen molar-refractivity contribution < 1.29 is 4.79 Å². The lowest BCUT2D eigenvalue weighted by molar-refractivity contribution is -0.114. The standard InChI is InChI=1S/C23H27N3OS2/c1-3-4-5-6-8-18-11-13-21(14-12-18)29-26-20-10-7-9-19(15-20)22-16-28-23(25-22)24-17(2)27/h7,9-16,26H,3-6,8H2,1-2H3,(H,24,25,27). The summed E-state index contributed by atoms with van der Waals surface area (Å²) in [6.07, 6.45) is 6.35. The minimum Gasteiger partial charge on any atom is -0.326 e. The van der Waals surface area contributed by atoms with Gasteiger partial charge in [-0.2, -0.15) is 0 Å². The van der Waals surface area contributed by atoms with E-state index in [2.05, 4.69) is 52.3 Å². The molecule has 1 heterocycles. The Morgan fingerprint density at radius 2 is 1.93 bits per heavy atom. The van der Waals surface area contributed by atoms with E-state index in [9.17, 15) is 4.79 Å². The summed E-state index contributed by atoms with van der Waals surface area (Å²) < 4.78 is 3.41. The number of aryl methyl sites for hydroxylation is 1. The number of hydrogen-bond acceptors (Lipinski definition) is 5. The summed E-state index contributed by atoms with van der Waals surface area (Å²) in [5.41, 5.74) is 4.31. The van der Waals surface area contributed by atoms with Crippen molar-refractivity contribution in [3.63, 3.8) is 0 Å². The number of unbranched alkanes of at least 4 members (excludes halogenated alkanes) is 3. The SMILES string of the molecule is CCCCCCc1ccc(SNc2cccc(-c3csc(NC(C)=O)n3)c2)cc1. The first-order valence-corrected chi connectivity index (χ1v) is 11.7. The average molecular weight is 426 g/mol. The minimum absolute atomic E-state index is 0.107. The third-order valence-corrected chi connectivity index (χ3v) is 6.08. The Kier molecular flexibility index (Phi) is 8.14. The first-order chi connectivity index (χ1) is 14.1. The molecule has 0 atom stereocenters. The number of carbonyl (C=O) groups is 1. The second-order valence-electron chi connectivity index (χ2n) is 6.96. The lowest BCUT2D eigenvalue weighted by atomic mass is 10.1. The molecule has 2 N–H and O–H groups in total. The Bertz CT molecular complexity index is 922. The molecule has 0 radical (unpaired) electrons. The van der Waals surface area contributed by atoms with Gasteiger partial charge in [0.1, 0.15) is 0 Å². The number of amides is 1. The third-order valence-electron chi connectivity index (χ3n) is 4.47. The van der Waals surface area contributed by atoms with Gasteiger partial charge in [-0.1, -0.05) is 50.5 Å². The van der Waals surface area contributed by atoms with Gasteiger partial charge in [0.05, 0.1) is 5.69 Å². The first-order valence-electron chi connectivity index (χ1n) is 9.99. The van der Waals surface area contributed by atoms with Gasteiger partial charge in [-0.25, -0.2) is 4.98 Å². The molecule has 0 saturated carbocycles. The maximum Gasteiger partial charge on any atom is 0.223 e. The van der Waals surface area contributed by atoms with Gasteiger partial charge < -0.3 is 10.0 Å². The fourth-order valence-corrected chi connectivity index (χ4v) is 4.35. The molecule has 3 aromatic rings. The average Bonchev–Trinajstić information content (AvgIpc) is 3.19. The van der Waals surface area contributed by atoms with Gasteiger partial charge in [-0.3, -0.25) is 4.79 Å². The number of carbonyl (C=O) groups excluding carboxylic acids is 1. The number of aromatic nitrogens is 1. The number of nitrogens with zero attached hydrogens (tertiary/aromatic N) is 1. The Labute approximate surface area is 181 Å². The van der Waals surface area contributed by atoms with Gasteiger partial charge in [-0.05, 0) is 54.6 Å². The van der Waals surface area contributed by atoms with E-state index in [1.54, 1.807) is 11.9 Å². The molecule has 3 rings (SSSR count). The zero-order chi connectivity index (χ0) is 20.5. The molecule has 1 aromatic heterocycles. The van der Waals surface area contributed by atoms with Gasteiger partial charge in [0.25, 0.3) is 0 Å². The van der Waals surface area contributed by atoms with Crippen LogP contribution in [0.4, 0.5) is 10.8 Å². The highest BCUT2D eigenvalue weighted by Gasteiger charge is 2.06. The van der Waals surface area contributed by atoms with Gasteiger partial charge in [0, 0.05) is 28.5 Å². The lowest BCUT2D eigenvalue weighted by Crippen LogP contribution is -2.04. The second-order valence-corrected chi connectivity index (χ2v) is 8.70. The van der Waals surface area contributed by atoms with Crippen LogP contribution in [0.1, 0.15) is 45.1 Å². The predicted molar refractivity (Wildman–Crippen MR) is 126 cm³/mol. The van der Waals surface area contributed by atoms with Crippen LogP contribution in [0.15, 0.2) is 58.8 Å². The van der Waals surface area contributed by atoms with Crippen molar-refractivity contribution in [1.29, 1.82) is 0 Å². The van der Waals surface area contributed by atoms with Gasteiger partial charge in [-0.15, -0.1) is 11.3 Å². The van der Waals surface area contributed by atoms with Crippen LogP contribution in [0, 0.1) is 0 Å². The molecule has 0 aliphatic rings. The molecule has 0 saturated heterocycles. The summed E-state index contributed by atoms with van der Waals surface area (Å²) in [4.78, 5) is 16.8. The number of hydrogen-bond donors (Lipinski definition) is 2. The quantitative estimate of drug-likeness (QED) is 0.271. The molecule has 1 amide bonds. The molecule has 0 aliphatic carbocycles. The van der Waals surface area contributed by atoms with Crippen LogP contribution < -0.4 is 10.0 Å². The zero-order valence-electron chi connectivity index (χ0n) is 16.9. The molecule has 29 heavy (non-hydrogen) atoms. The van der Waals surface area contributed by atoms with Crippen LogP contribution in [0.5, 0.6) is 0 Å². The maximum absolute atomic E-state index is 11.2. The Morgan fingerprint density at radius 1 is 1.10 bits per heavy atom. The largest absolute Gasteiger partial charge is 0.326 e. The number of nitrogens with one attached hydrogen (secondary N) is 2. The molecule has 152 valence electrons. The van der Waals surface area contributed by atoms with Crippen LogP contribution in [-0.4, -0.2) is 10.9 Å². The molecule has 4 nitrogen and oxygen atoms in total. The van der Waals surface area contributed by atoms with E-state index < -0.39 is 0 Å². The summed E-state index contributed by atoms with van der Waals surface area (Å²) in [7, 11) is 0. The van der Waals surface area contributed by atoms with Crippen LogP contribution in [0.25, 0.3) is 11.3 Å². The van der Waals surface area contributed by atoms with Crippen LogP contribution in [0.2, 0.25) is 0 Å². The van der Waals surface area contributed by atoms with E-state index in [1.807, 2.05) is 23.6 Å². The number of thiazole rings is 1. The van der Waals surface area contributed by atoms with E-state index in [-0.39, 0.29) is 5.91 Å². The molecule has 0 fully saturated rings. The molecule has 0 unspecified atom stereocenters. The predicted octanol–water partition coefficient (Wildman–Crippen LogP) is 7.01. The third kappa shape index (κ3) is 6.91. The number of anilines is 2.